The first kappa shape index (κ1) is 20.6. The Hall–Kier alpha value is -2.18. The largest absolute Gasteiger partial charge is 0.339 e. The Morgan fingerprint density at radius 2 is 1.75 bits per heavy atom. The van der Waals surface area contributed by atoms with Gasteiger partial charge in [-0.15, -0.1) is 0 Å². The average molecular weight is 385 g/mol. The second-order valence-electron chi connectivity index (χ2n) is 7.75. The Morgan fingerprint density at radius 1 is 1.11 bits per heavy atom. The van der Waals surface area contributed by atoms with E-state index in [1.807, 2.05) is 41.1 Å². The summed E-state index contributed by atoms with van der Waals surface area (Å²) in [5, 5.41) is 0. The summed E-state index contributed by atoms with van der Waals surface area (Å²) >= 11 is 0. The summed E-state index contributed by atoms with van der Waals surface area (Å²) in [5.41, 5.74) is 1.75. The van der Waals surface area contributed by atoms with E-state index in [4.69, 9.17) is 0 Å². The topological polar surface area (TPSA) is 47.1 Å². The molecule has 3 rings (SSSR count). The molecule has 0 aliphatic carbocycles. The van der Waals surface area contributed by atoms with Gasteiger partial charge in [-0.25, -0.2) is 0 Å². The molecular formula is C22H32N4O2. The van der Waals surface area contributed by atoms with Crippen molar-refractivity contribution in [2.75, 3.05) is 59.4 Å². The van der Waals surface area contributed by atoms with Crippen LogP contribution in [0.4, 0.5) is 0 Å². The van der Waals surface area contributed by atoms with E-state index in [1.54, 1.807) is 6.08 Å². The number of benzene rings is 1. The van der Waals surface area contributed by atoms with Crippen molar-refractivity contribution in [3.05, 3.63) is 42.0 Å². The van der Waals surface area contributed by atoms with E-state index in [2.05, 4.69) is 23.3 Å². The molecule has 152 valence electrons. The van der Waals surface area contributed by atoms with Crippen molar-refractivity contribution >= 4 is 17.9 Å². The lowest BCUT2D eigenvalue weighted by Crippen LogP contribution is -2.64. The predicted octanol–water partition coefficient (Wildman–Crippen LogP) is 1.64. The minimum atomic E-state index is 0.0979. The summed E-state index contributed by atoms with van der Waals surface area (Å²) in [4.78, 5) is 33.4. The monoisotopic (exact) mass is 384 g/mol. The van der Waals surface area contributed by atoms with Gasteiger partial charge in [0.25, 0.3) is 5.91 Å². The van der Waals surface area contributed by atoms with Gasteiger partial charge in [0.15, 0.2) is 0 Å². The van der Waals surface area contributed by atoms with E-state index in [0.29, 0.717) is 12.5 Å². The number of rotatable bonds is 7. The van der Waals surface area contributed by atoms with Crippen LogP contribution < -0.4 is 0 Å². The van der Waals surface area contributed by atoms with Crippen LogP contribution in [-0.2, 0) is 4.79 Å². The number of hydrogen-bond donors (Lipinski definition) is 0. The summed E-state index contributed by atoms with van der Waals surface area (Å²) < 4.78 is 0. The second-order valence-corrected chi connectivity index (χ2v) is 7.75. The predicted molar refractivity (Wildman–Crippen MR) is 112 cm³/mol. The third kappa shape index (κ3) is 4.80. The summed E-state index contributed by atoms with van der Waals surface area (Å²) in [6, 6.07) is 8.04. The highest BCUT2D eigenvalue weighted by molar-refractivity contribution is 5.94. The highest BCUT2D eigenvalue weighted by Gasteiger charge is 2.36. The highest BCUT2D eigenvalue weighted by atomic mass is 16.2. The van der Waals surface area contributed by atoms with Crippen LogP contribution >= 0.6 is 0 Å². The van der Waals surface area contributed by atoms with Gasteiger partial charge in [-0.05, 0) is 31.3 Å². The van der Waals surface area contributed by atoms with Crippen molar-refractivity contribution in [2.45, 2.75) is 19.4 Å². The molecule has 28 heavy (non-hydrogen) atoms. The molecular weight excluding hydrogens is 352 g/mol. The standard InChI is InChI=1S/C22H32N4O2/c1-4-18-6-8-19(9-7-18)22(28)25-14-12-24(13-15-25)20-16-26(17-20)21(27)10-11-23(3)5-2/h4,6-9,20H,1,5,10-17H2,2-3H3. The Labute approximate surface area is 168 Å². The van der Waals surface area contributed by atoms with E-state index in [0.717, 1.165) is 63.5 Å². The minimum absolute atomic E-state index is 0.0979. The van der Waals surface area contributed by atoms with Crippen LogP contribution in [0.15, 0.2) is 30.8 Å². The molecule has 2 aliphatic rings. The third-order valence-electron chi connectivity index (χ3n) is 5.97. The first-order valence-electron chi connectivity index (χ1n) is 10.2. The molecule has 0 aromatic heterocycles. The van der Waals surface area contributed by atoms with Crippen molar-refractivity contribution in [1.29, 1.82) is 0 Å². The molecule has 2 fully saturated rings. The molecule has 1 aromatic rings. The Bertz CT molecular complexity index is 689. The minimum Gasteiger partial charge on any atom is -0.339 e. The molecule has 1 aromatic carbocycles. The SMILES string of the molecule is C=Cc1ccc(C(=O)N2CCN(C3CN(C(=O)CCN(C)CC)C3)CC2)cc1. The summed E-state index contributed by atoms with van der Waals surface area (Å²) in [7, 11) is 2.04. The summed E-state index contributed by atoms with van der Waals surface area (Å²) in [6.07, 6.45) is 2.38. The van der Waals surface area contributed by atoms with E-state index >= 15 is 0 Å². The van der Waals surface area contributed by atoms with E-state index in [9.17, 15) is 9.59 Å². The molecule has 6 heteroatoms. The summed E-state index contributed by atoms with van der Waals surface area (Å²) in [6.45, 7) is 12.5. The van der Waals surface area contributed by atoms with Crippen molar-refractivity contribution < 1.29 is 9.59 Å². The van der Waals surface area contributed by atoms with Gasteiger partial charge in [0.1, 0.15) is 0 Å². The van der Waals surface area contributed by atoms with Crippen LogP contribution in [-0.4, -0.2) is 96.9 Å². The number of piperazine rings is 1. The molecule has 0 bridgehead atoms. The molecule has 2 aliphatic heterocycles. The number of likely N-dealkylation sites (tertiary alicyclic amines) is 1. The van der Waals surface area contributed by atoms with Crippen LogP contribution in [0.1, 0.15) is 29.3 Å². The Morgan fingerprint density at radius 3 is 2.32 bits per heavy atom. The Balaban J connectivity index is 1.40. The number of carbonyl (C=O) groups excluding carboxylic acids is 2. The average Bonchev–Trinajstić information content (AvgIpc) is 2.71. The van der Waals surface area contributed by atoms with Crippen molar-refractivity contribution in [3.8, 4) is 0 Å². The van der Waals surface area contributed by atoms with E-state index in [-0.39, 0.29) is 11.8 Å². The zero-order valence-corrected chi connectivity index (χ0v) is 17.1. The number of carbonyl (C=O) groups is 2. The maximum atomic E-state index is 12.7. The fourth-order valence-electron chi connectivity index (χ4n) is 3.73. The fourth-order valence-corrected chi connectivity index (χ4v) is 3.73. The maximum absolute atomic E-state index is 12.7. The van der Waals surface area contributed by atoms with Crippen LogP contribution in [0.25, 0.3) is 6.08 Å². The Kier molecular flexibility index (Phi) is 6.86. The van der Waals surface area contributed by atoms with Gasteiger partial charge in [0, 0.05) is 63.8 Å². The highest BCUT2D eigenvalue weighted by Crippen LogP contribution is 2.19. The van der Waals surface area contributed by atoms with Gasteiger partial charge in [0.2, 0.25) is 5.91 Å². The van der Waals surface area contributed by atoms with E-state index in [1.165, 1.54) is 0 Å². The van der Waals surface area contributed by atoms with Gasteiger partial charge < -0.3 is 14.7 Å². The number of amides is 2. The van der Waals surface area contributed by atoms with Gasteiger partial charge in [0.05, 0.1) is 0 Å². The van der Waals surface area contributed by atoms with Gasteiger partial charge >= 0.3 is 0 Å². The molecule has 0 unspecified atom stereocenters. The molecule has 0 saturated carbocycles. The first-order valence-corrected chi connectivity index (χ1v) is 10.2. The van der Waals surface area contributed by atoms with Crippen LogP contribution in [0.3, 0.4) is 0 Å². The first-order chi connectivity index (χ1) is 13.5. The molecule has 6 nitrogen and oxygen atoms in total. The lowest BCUT2D eigenvalue weighted by molar-refractivity contribution is -0.139. The second kappa shape index (κ2) is 9.34. The fraction of sp³-hybridized carbons (Fsp3) is 0.545. The lowest BCUT2D eigenvalue weighted by atomic mass is 10.0. The van der Waals surface area contributed by atoms with Gasteiger partial charge in [-0.3, -0.25) is 14.5 Å². The lowest BCUT2D eigenvalue weighted by Gasteiger charge is -2.48. The number of hydrogen-bond acceptors (Lipinski definition) is 4. The quantitative estimate of drug-likeness (QED) is 0.717. The molecule has 0 atom stereocenters. The normalized spacial score (nSPS) is 18.2. The van der Waals surface area contributed by atoms with Crippen molar-refractivity contribution in [1.82, 2.24) is 19.6 Å². The maximum Gasteiger partial charge on any atom is 0.253 e. The molecule has 0 N–H and O–H groups in total. The van der Waals surface area contributed by atoms with Crippen LogP contribution in [0.5, 0.6) is 0 Å². The van der Waals surface area contributed by atoms with Crippen LogP contribution in [0, 0.1) is 0 Å². The molecule has 2 saturated heterocycles. The molecule has 0 radical (unpaired) electrons. The summed E-state index contributed by atoms with van der Waals surface area (Å²) in [5.74, 6) is 0.356. The van der Waals surface area contributed by atoms with Crippen molar-refractivity contribution in [3.63, 3.8) is 0 Å². The zero-order valence-electron chi connectivity index (χ0n) is 17.1. The van der Waals surface area contributed by atoms with Gasteiger partial charge in [-0.2, -0.15) is 0 Å². The van der Waals surface area contributed by atoms with Crippen molar-refractivity contribution in [2.24, 2.45) is 0 Å². The van der Waals surface area contributed by atoms with Gasteiger partial charge in [-0.1, -0.05) is 31.7 Å². The molecule has 2 heterocycles. The van der Waals surface area contributed by atoms with Crippen LogP contribution in [0.2, 0.25) is 0 Å². The smallest absolute Gasteiger partial charge is 0.253 e. The third-order valence-corrected chi connectivity index (χ3v) is 5.97. The molecule has 2 amide bonds. The van der Waals surface area contributed by atoms with E-state index < -0.39 is 0 Å². The zero-order chi connectivity index (χ0) is 20.1. The molecule has 0 spiro atoms. The number of nitrogens with zero attached hydrogens (tertiary/aromatic N) is 4.